The Morgan fingerprint density at radius 1 is 1.14 bits per heavy atom. The molecule has 0 bridgehead atoms. The number of amides is 3. The van der Waals surface area contributed by atoms with Gasteiger partial charge in [0.2, 0.25) is 17.7 Å². The van der Waals surface area contributed by atoms with E-state index >= 15 is 0 Å². The third kappa shape index (κ3) is 3.65. The van der Waals surface area contributed by atoms with Crippen LogP contribution in [0.1, 0.15) is 19.8 Å². The van der Waals surface area contributed by atoms with Gasteiger partial charge in [-0.05, 0) is 31.9 Å². The summed E-state index contributed by atoms with van der Waals surface area (Å²) in [6.45, 7) is 4.10. The van der Waals surface area contributed by atoms with E-state index in [0.717, 1.165) is 10.6 Å². The second-order valence-corrected chi connectivity index (χ2v) is 8.01. The lowest BCUT2D eigenvalue weighted by Crippen LogP contribution is -2.46. The van der Waals surface area contributed by atoms with Crippen LogP contribution in [0.5, 0.6) is 0 Å². The summed E-state index contributed by atoms with van der Waals surface area (Å²) in [7, 11) is 0. The summed E-state index contributed by atoms with van der Waals surface area (Å²) < 4.78 is 5.40. The molecule has 0 unspecified atom stereocenters. The third-order valence-electron chi connectivity index (χ3n) is 5.88. The number of nitrogens with zero attached hydrogens (tertiary/aromatic N) is 2. The van der Waals surface area contributed by atoms with E-state index in [4.69, 9.17) is 16.3 Å². The van der Waals surface area contributed by atoms with Crippen LogP contribution in [0.2, 0.25) is 5.02 Å². The van der Waals surface area contributed by atoms with Crippen LogP contribution >= 0.6 is 11.6 Å². The Bertz CT molecular complexity index is 839. The first-order valence-corrected chi connectivity index (χ1v) is 10.3. The van der Waals surface area contributed by atoms with Crippen molar-refractivity contribution in [1.82, 2.24) is 4.90 Å². The maximum absolute atomic E-state index is 13.0. The summed E-state index contributed by atoms with van der Waals surface area (Å²) in [5.74, 6) is -1.62. The fraction of sp³-hybridized carbons (Fsp3) is 0.476. The van der Waals surface area contributed by atoms with Gasteiger partial charge in [0.1, 0.15) is 6.04 Å². The van der Waals surface area contributed by atoms with Crippen molar-refractivity contribution in [3.63, 3.8) is 0 Å². The molecular formula is C21H24ClN3O4. The molecule has 29 heavy (non-hydrogen) atoms. The predicted molar refractivity (Wildman–Crippen MR) is 110 cm³/mol. The molecule has 1 N–H and O–H groups in total. The number of imide groups is 1. The first-order valence-electron chi connectivity index (χ1n) is 9.93. The van der Waals surface area contributed by atoms with Crippen molar-refractivity contribution < 1.29 is 19.1 Å². The number of para-hydroxylation sites is 1. The van der Waals surface area contributed by atoms with Crippen LogP contribution in [0, 0.1) is 11.8 Å². The van der Waals surface area contributed by atoms with Crippen LogP contribution < -0.4 is 10.2 Å². The molecule has 2 fully saturated rings. The molecule has 7 nitrogen and oxygen atoms in total. The molecule has 3 atom stereocenters. The zero-order valence-corrected chi connectivity index (χ0v) is 17.0. The number of ether oxygens (including phenoxy) is 1. The molecular weight excluding hydrogens is 394 g/mol. The smallest absolute Gasteiger partial charge is 0.247 e. The van der Waals surface area contributed by atoms with Gasteiger partial charge in [0, 0.05) is 13.1 Å². The number of fused-ring (bicyclic) bond motifs is 1. The quantitative estimate of drug-likeness (QED) is 0.601. The number of rotatable bonds is 4. The number of allylic oxidation sites excluding steroid dienone is 2. The number of nitrogens with one attached hydrogen (secondary N) is 1. The van der Waals surface area contributed by atoms with Gasteiger partial charge < -0.3 is 15.0 Å². The van der Waals surface area contributed by atoms with Gasteiger partial charge in [-0.25, -0.2) is 0 Å². The Balaban J connectivity index is 1.53. The average molecular weight is 418 g/mol. The van der Waals surface area contributed by atoms with Crippen molar-refractivity contribution in [3.05, 3.63) is 35.4 Å². The molecule has 3 aliphatic rings. The molecule has 154 valence electrons. The standard InChI is InChI=1S/C21H24ClN3O4/c1-13(25-20(27)14-5-2-3-6-15(14)21(25)28)19(26)23-17-8-4-7-16(22)18(17)24-9-11-29-12-10-24/h2-4,7-8,13-15H,5-6,9-12H2,1H3,(H,23,26)/t13-,14-,15-/m1/s1. The molecule has 2 saturated heterocycles. The lowest BCUT2D eigenvalue weighted by molar-refractivity contribution is -0.146. The van der Waals surface area contributed by atoms with E-state index in [-0.39, 0.29) is 23.7 Å². The largest absolute Gasteiger partial charge is 0.378 e. The number of halogens is 1. The number of hydrogen-bond donors (Lipinski definition) is 1. The van der Waals surface area contributed by atoms with Gasteiger partial charge in [0.15, 0.2) is 0 Å². The van der Waals surface area contributed by atoms with E-state index < -0.39 is 11.9 Å². The summed E-state index contributed by atoms with van der Waals surface area (Å²) in [5, 5.41) is 3.41. The van der Waals surface area contributed by atoms with Gasteiger partial charge in [-0.3, -0.25) is 19.3 Å². The molecule has 0 spiro atoms. The number of benzene rings is 1. The fourth-order valence-corrected chi connectivity index (χ4v) is 4.58. The monoisotopic (exact) mass is 417 g/mol. The average Bonchev–Trinajstić information content (AvgIpc) is 2.99. The van der Waals surface area contributed by atoms with Crippen LogP contribution in [-0.4, -0.2) is 55.0 Å². The summed E-state index contributed by atoms with van der Waals surface area (Å²) in [4.78, 5) is 41.7. The zero-order valence-electron chi connectivity index (χ0n) is 16.3. The fourth-order valence-electron chi connectivity index (χ4n) is 4.29. The van der Waals surface area contributed by atoms with E-state index in [1.807, 2.05) is 12.2 Å². The first kappa shape index (κ1) is 19.9. The molecule has 8 heteroatoms. The minimum atomic E-state index is -0.892. The summed E-state index contributed by atoms with van der Waals surface area (Å²) in [6.07, 6.45) is 4.97. The number of morpholine rings is 1. The van der Waals surface area contributed by atoms with Crippen molar-refractivity contribution in [2.24, 2.45) is 11.8 Å². The van der Waals surface area contributed by atoms with Crippen LogP contribution in [0.4, 0.5) is 11.4 Å². The lowest BCUT2D eigenvalue weighted by Gasteiger charge is -2.31. The number of hydrogen-bond acceptors (Lipinski definition) is 5. The highest BCUT2D eigenvalue weighted by molar-refractivity contribution is 6.34. The molecule has 1 aliphatic carbocycles. The van der Waals surface area contributed by atoms with Crippen molar-refractivity contribution in [1.29, 1.82) is 0 Å². The molecule has 0 aromatic heterocycles. The number of carbonyl (C=O) groups excluding carboxylic acids is 3. The maximum Gasteiger partial charge on any atom is 0.247 e. The molecule has 0 radical (unpaired) electrons. The van der Waals surface area contributed by atoms with Gasteiger partial charge in [-0.1, -0.05) is 29.8 Å². The Labute approximate surface area is 174 Å². The molecule has 2 heterocycles. The van der Waals surface area contributed by atoms with Gasteiger partial charge in [-0.2, -0.15) is 0 Å². The Hall–Kier alpha value is -2.38. The molecule has 1 aromatic carbocycles. The SMILES string of the molecule is C[C@H](C(=O)Nc1cccc(Cl)c1N1CCOCC1)N1C(=O)[C@@H]2CC=CC[C@H]2C1=O. The van der Waals surface area contributed by atoms with Gasteiger partial charge >= 0.3 is 0 Å². The maximum atomic E-state index is 13.0. The van der Waals surface area contributed by atoms with Crippen LogP contribution in [0.15, 0.2) is 30.4 Å². The number of likely N-dealkylation sites (tertiary alicyclic amines) is 1. The second kappa shape index (κ2) is 8.16. The van der Waals surface area contributed by atoms with Gasteiger partial charge in [-0.15, -0.1) is 0 Å². The number of anilines is 2. The highest BCUT2D eigenvalue weighted by Gasteiger charge is 2.50. The van der Waals surface area contributed by atoms with Crippen LogP contribution in [0.25, 0.3) is 0 Å². The summed E-state index contributed by atoms with van der Waals surface area (Å²) >= 11 is 6.42. The highest BCUT2D eigenvalue weighted by Crippen LogP contribution is 2.37. The van der Waals surface area contributed by atoms with E-state index in [1.54, 1.807) is 25.1 Å². The van der Waals surface area contributed by atoms with E-state index in [9.17, 15) is 14.4 Å². The van der Waals surface area contributed by atoms with E-state index in [2.05, 4.69) is 10.2 Å². The van der Waals surface area contributed by atoms with Crippen molar-refractivity contribution >= 4 is 40.7 Å². The first-order chi connectivity index (χ1) is 14.0. The number of carbonyl (C=O) groups is 3. The van der Waals surface area contributed by atoms with Crippen molar-refractivity contribution in [2.45, 2.75) is 25.8 Å². The summed E-state index contributed by atoms with van der Waals surface area (Å²) in [6, 6.07) is 4.42. The minimum Gasteiger partial charge on any atom is -0.378 e. The Morgan fingerprint density at radius 2 is 1.76 bits per heavy atom. The molecule has 3 amide bonds. The molecule has 2 aliphatic heterocycles. The van der Waals surface area contributed by atoms with Gasteiger partial charge in [0.25, 0.3) is 0 Å². The molecule has 1 aromatic rings. The third-order valence-corrected chi connectivity index (χ3v) is 6.19. The minimum absolute atomic E-state index is 0.258. The lowest BCUT2D eigenvalue weighted by atomic mass is 9.85. The summed E-state index contributed by atoms with van der Waals surface area (Å²) in [5.41, 5.74) is 1.30. The zero-order chi connectivity index (χ0) is 20.5. The molecule has 4 rings (SSSR count). The van der Waals surface area contributed by atoms with Crippen molar-refractivity contribution in [3.8, 4) is 0 Å². The normalized spacial score (nSPS) is 25.2. The molecule has 0 saturated carbocycles. The Morgan fingerprint density at radius 3 is 2.38 bits per heavy atom. The van der Waals surface area contributed by atoms with E-state index in [0.29, 0.717) is 49.9 Å². The van der Waals surface area contributed by atoms with Crippen LogP contribution in [0.3, 0.4) is 0 Å². The van der Waals surface area contributed by atoms with Crippen LogP contribution in [-0.2, 0) is 19.1 Å². The Kier molecular flexibility index (Phi) is 5.61. The topological polar surface area (TPSA) is 79.0 Å². The van der Waals surface area contributed by atoms with Gasteiger partial charge in [0.05, 0.1) is 41.4 Å². The van der Waals surface area contributed by atoms with E-state index in [1.165, 1.54) is 0 Å². The highest BCUT2D eigenvalue weighted by atomic mass is 35.5. The predicted octanol–water partition coefficient (Wildman–Crippen LogP) is 2.45. The van der Waals surface area contributed by atoms with Crippen molar-refractivity contribution in [2.75, 3.05) is 36.5 Å². The second-order valence-electron chi connectivity index (χ2n) is 7.60.